The van der Waals surface area contributed by atoms with Crippen molar-refractivity contribution in [1.29, 1.82) is 0 Å². The van der Waals surface area contributed by atoms with Crippen molar-refractivity contribution >= 4 is 109 Å². The van der Waals surface area contributed by atoms with Gasteiger partial charge in [0.25, 0.3) is 30.4 Å². The zero-order valence-corrected chi connectivity index (χ0v) is 34.1. The number of aromatic nitrogens is 4. The summed E-state index contributed by atoms with van der Waals surface area (Å²) in [6.07, 6.45) is -2.73. The van der Waals surface area contributed by atoms with E-state index in [1.54, 1.807) is 0 Å². The van der Waals surface area contributed by atoms with E-state index >= 15 is 0 Å². The molecule has 23 nitrogen and oxygen atoms in total. The zero-order valence-electron chi connectivity index (χ0n) is 29.3. The molecule has 316 valence electrons. The molecular weight excluding hydrogens is 929 g/mol. The Morgan fingerprint density at radius 3 is 2.15 bits per heavy atom. The number of benzene rings is 4. The third kappa shape index (κ3) is 8.03. The first-order chi connectivity index (χ1) is 27.8. The van der Waals surface area contributed by atoms with E-state index in [2.05, 4.69) is 40.9 Å². The maximum Gasteiger partial charge on any atom is 0.315 e. The third-order valence-corrected chi connectivity index (χ3v) is 12.6. The van der Waals surface area contributed by atoms with Gasteiger partial charge in [-0.2, -0.15) is 53.0 Å². The molecule has 9 N–H and O–H groups in total. The molecule has 0 spiro atoms. The van der Waals surface area contributed by atoms with Crippen molar-refractivity contribution in [3.63, 3.8) is 0 Å². The van der Waals surface area contributed by atoms with E-state index in [4.69, 9.17) is 38.1 Å². The minimum absolute atomic E-state index is 0.0128. The van der Waals surface area contributed by atoms with Crippen molar-refractivity contribution in [3.05, 3.63) is 63.9 Å². The summed E-state index contributed by atoms with van der Waals surface area (Å²) < 4.78 is 163. The van der Waals surface area contributed by atoms with Gasteiger partial charge in [0.15, 0.2) is 32.6 Å². The van der Waals surface area contributed by atoms with Crippen LogP contribution in [0.4, 0.5) is 39.0 Å². The van der Waals surface area contributed by atoms with Crippen molar-refractivity contribution < 1.29 is 65.4 Å². The molecule has 60 heavy (non-hydrogen) atoms. The van der Waals surface area contributed by atoms with E-state index in [1.807, 2.05) is 0 Å². The summed E-state index contributed by atoms with van der Waals surface area (Å²) in [5.41, 5.74) is 3.76. The average molecular weight is 951 g/mol. The molecule has 0 radical (unpaired) electrons. The lowest BCUT2D eigenvalue weighted by Gasteiger charge is -2.26. The van der Waals surface area contributed by atoms with E-state index in [0.29, 0.717) is 18.2 Å². The Balaban J connectivity index is 1.31. The van der Waals surface area contributed by atoms with Crippen molar-refractivity contribution in [2.75, 3.05) is 21.7 Å². The Kier molecular flexibility index (Phi) is 10.5. The van der Waals surface area contributed by atoms with Crippen LogP contribution in [0.2, 0.25) is 10.0 Å². The molecule has 1 aromatic heterocycles. The van der Waals surface area contributed by atoms with Crippen LogP contribution in [0.5, 0.6) is 11.5 Å². The molecule has 0 amide bonds. The molecular formula is C30H22Cl2FN9O14S4. The molecule has 0 saturated carbocycles. The van der Waals surface area contributed by atoms with E-state index in [1.165, 1.54) is 19.1 Å². The van der Waals surface area contributed by atoms with Crippen LogP contribution in [0.3, 0.4) is 0 Å². The van der Waals surface area contributed by atoms with Crippen LogP contribution in [0.1, 0.15) is 13.3 Å². The number of nitrogens with one attached hydrogen (secondary N) is 3. The number of rotatable bonds is 10. The van der Waals surface area contributed by atoms with Crippen LogP contribution < -0.4 is 31.8 Å². The minimum atomic E-state index is -5.24. The Morgan fingerprint density at radius 1 is 0.833 bits per heavy atom. The Morgan fingerprint density at radius 2 is 1.52 bits per heavy atom. The number of halogens is 3. The predicted molar refractivity (Wildman–Crippen MR) is 207 cm³/mol. The van der Waals surface area contributed by atoms with Crippen LogP contribution in [0, 0.1) is 6.08 Å². The SMILES string of the molecule is CCC(N=c1ccc2nc3c(Cl)c4c(c(Cl)c3oc-2c1S(=O)(=O)O)Nc1ccc(N)c(S(=O)(=O)O)c1O4)Nc1nc(F)nc(Nc2cc(S(=O)(=O)O)ccc2S(=O)(=O)O)n1. The lowest BCUT2D eigenvalue weighted by Crippen LogP contribution is -2.25. The quantitative estimate of drug-likeness (QED) is 0.0532. The van der Waals surface area contributed by atoms with Crippen LogP contribution >= 0.6 is 23.2 Å². The predicted octanol–water partition coefficient (Wildman–Crippen LogP) is 4.47. The van der Waals surface area contributed by atoms with E-state index in [-0.39, 0.29) is 56.1 Å². The molecule has 0 bridgehead atoms. The van der Waals surface area contributed by atoms with E-state index < -0.39 is 107 Å². The number of nitrogens with two attached hydrogens (primary N) is 1. The van der Waals surface area contributed by atoms with Gasteiger partial charge in [0.05, 0.1) is 27.3 Å². The van der Waals surface area contributed by atoms with Crippen molar-refractivity contribution in [2.24, 2.45) is 4.99 Å². The van der Waals surface area contributed by atoms with Gasteiger partial charge in [-0.1, -0.05) is 30.1 Å². The number of nitrogens with zero attached hydrogens (tertiary/aromatic N) is 5. The molecule has 1 unspecified atom stereocenters. The standard InChI is InChI=1S/C30H22Cl2FN9O14S4/c1-2-17(39-30-41-28(33)40-29(42-30)38-15-9-10(57(43,44)45)3-8-16(15)58(46,47)48)35-14-7-6-13-23(27(14)60(52,53)54)56-25-19(32)20-24(18(31)21(25)37-13)55-22-12(36-20)5-4-11(34)26(22)59(49,50)51/h3-9,17,36H,2,34H2,1H3,(H,43,44,45)(H,46,47,48)(H,49,50,51)(H,52,53,54)(H2,38,39,40,41,42). The number of nitrogen functional groups attached to an aromatic ring is 1. The fraction of sp³-hybridized carbons (Fsp3) is 0.100. The summed E-state index contributed by atoms with van der Waals surface area (Å²) in [5, 5.41) is 6.54. The minimum Gasteiger partial charge on any atom is -0.450 e. The summed E-state index contributed by atoms with van der Waals surface area (Å²) in [5.74, 6) is -2.64. The molecule has 0 saturated heterocycles. The first-order valence-electron chi connectivity index (χ1n) is 16.0. The monoisotopic (exact) mass is 949 g/mol. The van der Waals surface area contributed by atoms with Crippen LogP contribution in [-0.2, 0) is 40.5 Å². The molecule has 1 aliphatic carbocycles. The summed E-state index contributed by atoms with van der Waals surface area (Å²) in [6, 6.07) is 6.68. The van der Waals surface area contributed by atoms with Gasteiger partial charge < -0.3 is 30.8 Å². The number of ether oxygens (including phenoxy) is 1. The third-order valence-electron chi connectivity index (χ3n) is 8.26. The Labute approximate surface area is 345 Å². The highest BCUT2D eigenvalue weighted by atomic mass is 35.5. The van der Waals surface area contributed by atoms with Gasteiger partial charge in [-0.25, -0.2) is 4.98 Å². The van der Waals surface area contributed by atoms with E-state index in [0.717, 1.165) is 12.1 Å². The smallest absolute Gasteiger partial charge is 0.315 e. The fourth-order valence-electron chi connectivity index (χ4n) is 5.74. The maximum absolute atomic E-state index is 14.7. The van der Waals surface area contributed by atoms with Gasteiger partial charge in [-0.05, 0) is 48.9 Å². The van der Waals surface area contributed by atoms with Crippen molar-refractivity contribution in [1.82, 2.24) is 19.9 Å². The number of fused-ring (bicyclic) bond motifs is 4. The van der Waals surface area contributed by atoms with Gasteiger partial charge in [0.1, 0.15) is 38.0 Å². The molecule has 3 aromatic carbocycles. The Bertz CT molecular complexity index is 3340. The first kappa shape index (κ1) is 42.6. The highest BCUT2D eigenvalue weighted by Gasteiger charge is 2.34. The first-order valence-corrected chi connectivity index (χ1v) is 22.6. The van der Waals surface area contributed by atoms with Crippen molar-refractivity contribution in [2.45, 2.75) is 39.1 Å². The second kappa shape index (κ2) is 14.9. The van der Waals surface area contributed by atoms with Gasteiger partial charge in [-0.15, -0.1) is 0 Å². The molecule has 1 atom stereocenters. The number of anilines is 6. The second-order valence-electron chi connectivity index (χ2n) is 12.2. The molecule has 30 heteroatoms. The number of hydrogen-bond acceptors (Lipinski definition) is 19. The normalized spacial score (nSPS) is 14.0. The van der Waals surface area contributed by atoms with Gasteiger partial charge >= 0.3 is 16.2 Å². The topological polar surface area (TPSA) is 366 Å². The van der Waals surface area contributed by atoms with E-state index in [9.17, 15) is 56.3 Å². The molecule has 3 aliphatic rings. The van der Waals surface area contributed by atoms with Crippen LogP contribution in [0.15, 0.2) is 71.5 Å². The van der Waals surface area contributed by atoms with Crippen molar-refractivity contribution in [3.8, 4) is 23.0 Å². The lowest BCUT2D eigenvalue weighted by molar-refractivity contribution is 0.449. The van der Waals surface area contributed by atoms with Crippen LogP contribution in [0.25, 0.3) is 22.6 Å². The van der Waals surface area contributed by atoms with Gasteiger partial charge in [0.2, 0.25) is 11.9 Å². The van der Waals surface area contributed by atoms with Gasteiger partial charge in [-0.3, -0.25) is 23.2 Å². The second-order valence-corrected chi connectivity index (χ2v) is 18.5. The highest BCUT2D eigenvalue weighted by Crippen LogP contribution is 2.55. The molecule has 2 aliphatic heterocycles. The fourth-order valence-corrected chi connectivity index (χ4v) is 8.92. The largest absolute Gasteiger partial charge is 0.450 e. The molecule has 7 rings (SSSR count). The lowest BCUT2D eigenvalue weighted by atomic mass is 10.1. The summed E-state index contributed by atoms with van der Waals surface area (Å²) >= 11 is 13.3. The highest BCUT2D eigenvalue weighted by molar-refractivity contribution is 7.86. The Hall–Kier alpha value is -5.56. The summed E-state index contributed by atoms with van der Waals surface area (Å²) in [4.78, 5) is 16.0. The zero-order chi connectivity index (χ0) is 43.9. The van der Waals surface area contributed by atoms with Gasteiger partial charge in [0, 0.05) is 0 Å². The number of hydrogen-bond donors (Lipinski definition) is 8. The summed E-state index contributed by atoms with van der Waals surface area (Å²) in [6.45, 7) is 1.54. The molecule has 3 heterocycles. The van der Waals surface area contributed by atoms with Crippen LogP contribution in [-0.4, -0.2) is 78.0 Å². The molecule has 4 aromatic rings. The maximum atomic E-state index is 14.7. The average Bonchev–Trinajstić information content (AvgIpc) is 3.13. The molecule has 0 fully saturated rings. The summed E-state index contributed by atoms with van der Waals surface area (Å²) in [7, 11) is -20.1.